The molecule has 2 aromatic carbocycles. The van der Waals surface area contributed by atoms with Crippen molar-refractivity contribution in [3.05, 3.63) is 59.7 Å². The van der Waals surface area contributed by atoms with Crippen LogP contribution in [0.2, 0.25) is 0 Å². The van der Waals surface area contributed by atoms with Crippen LogP contribution >= 0.6 is 0 Å². The summed E-state index contributed by atoms with van der Waals surface area (Å²) in [6.45, 7) is 0. The van der Waals surface area contributed by atoms with Crippen LogP contribution in [0.3, 0.4) is 0 Å². The largest absolute Gasteiger partial charge is 0.496 e. The van der Waals surface area contributed by atoms with E-state index in [-0.39, 0.29) is 28.6 Å². The molecule has 0 saturated carbocycles. The van der Waals surface area contributed by atoms with Crippen molar-refractivity contribution in [3.63, 3.8) is 0 Å². The Balaban J connectivity index is 1.69. The summed E-state index contributed by atoms with van der Waals surface area (Å²) in [6.07, 6.45) is -4.46. The SMILES string of the molecule is COc1cccc(OC)c1C(=O)NC(=O)Nc1cc(-c2ccc(C(F)(F)F)cc2)on1. The fourth-order valence-electron chi connectivity index (χ4n) is 2.68. The summed E-state index contributed by atoms with van der Waals surface area (Å²) >= 11 is 0. The van der Waals surface area contributed by atoms with Gasteiger partial charge >= 0.3 is 12.2 Å². The highest BCUT2D eigenvalue weighted by Gasteiger charge is 2.30. The van der Waals surface area contributed by atoms with Crippen molar-refractivity contribution in [2.75, 3.05) is 19.5 Å². The number of methoxy groups -OCH3 is 2. The van der Waals surface area contributed by atoms with Crippen LogP contribution in [0.1, 0.15) is 15.9 Å². The maximum Gasteiger partial charge on any atom is 0.416 e. The number of imide groups is 1. The predicted octanol–water partition coefficient (Wildman–Crippen LogP) is 4.34. The smallest absolute Gasteiger partial charge is 0.416 e. The number of hydrogen-bond donors (Lipinski definition) is 2. The Kier molecular flexibility index (Phi) is 6.14. The number of aromatic nitrogens is 1. The summed E-state index contributed by atoms with van der Waals surface area (Å²) in [4.78, 5) is 24.6. The zero-order valence-electron chi connectivity index (χ0n) is 16.2. The van der Waals surface area contributed by atoms with E-state index in [1.807, 2.05) is 0 Å². The first-order valence-electron chi connectivity index (χ1n) is 8.70. The maximum absolute atomic E-state index is 12.7. The topological polar surface area (TPSA) is 103 Å². The second kappa shape index (κ2) is 8.78. The highest BCUT2D eigenvalue weighted by Crippen LogP contribution is 2.31. The van der Waals surface area contributed by atoms with Gasteiger partial charge in [0.25, 0.3) is 5.91 Å². The number of halogens is 3. The third-order valence-corrected chi connectivity index (χ3v) is 4.13. The van der Waals surface area contributed by atoms with Crippen LogP contribution in [0.15, 0.2) is 53.1 Å². The molecule has 2 N–H and O–H groups in total. The van der Waals surface area contributed by atoms with Gasteiger partial charge in [0.05, 0.1) is 19.8 Å². The maximum atomic E-state index is 12.7. The number of rotatable bonds is 5. The number of anilines is 1. The van der Waals surface area contributed by atoms with E-state index in [2.05, 4.69) is 15.8 Å². The molecule has 0 radical (unpaired) electrons. The van der Waals surface area contributed by atoms with Gasteiger partial charge in [-0.25, -0.2) is 4.79 Å². The Bertz CT molecular complexity index is 1070. The van der Waals surface area contributed by atoms with Crippen molar-refractivity contribution in [2.24, 2.45) is 0 Å². The lowest BCUT2D eigenvalue weighted by atomic mass is 10.1. The van der Waals surface area contributed by atoms with E-state index in [0.717, 1.165) is 12.1 Å². The Hall–Kier alpha value is -4.02. The molecule has 0 fully saturated rings. The number of nitrogens with zero attached hydrogens (tertiary/aromatic N) is 1. The Morgan fingerprint density at radius 2 is 1.61 bits per heavy atom. The summed E-state index contributed by atoms with van der Waals surface area (Å²) in [5.41, 5.74) is -0.462. The first-order valence-corrected chi connectivity index (χ1v) is 8.70. The quantitative estimate of drug-likeness (QED) is 0.618. The second-order valence-electron chi connectivity index (χ2n) is 6.10. The van der Waals surface area contributed by atoms with Gasteiger partial charge in [-0.05, 0) is 24.3 Å². The monoisotopic (exact) mass is 435 g/mol. The second-order valence-corrected chi connectivity index (χ2v) is 6.10. The Morgan fingerprint density at radius 1 is 1.00 bits per heavy atom. The van der Waals surface area contributed by atoms with Crippen LogP contribution < -0.4 is 20.1 Å². The highest BCUT2D eigenvalue weighted by atomic mass is 19.4. The van der Waals surface area contributed by atoms with Gasteiger partial charge in [-0.15, -0.1) is 0 Å². The fraction of sp³-hybridized carbons (Fsp3) is 0.150. The summed E-state index contributed by atoms with van der Waals surface area (Å²) < 4.78 is 53.3. The van der Waals surface area contributed by atoms with Crippen LogP contribution in [0.4, 0.5) is 23.8 Å². The highest BCUT2D eigenvalue weighted by molar-refractivity contribution is 6.10. The van der Waals surface area contributed by atoms with Crippen LogP contribution in [0.25, 0.3) is 11.3 Å². The molecule has 0 aliphatic heterocycles. The van der Waals surface area contributed by atoms with Gasteiger partial charge in [0, 0.05) is 11.6 Å². The summed E-state index contributed by atoms with van der Waals surface area (Å²) in [7, 11) is 2.73. The molecule has 0 saturated heterocycles. The molecular weight excluding hydrogens is 419 g/mol. The molecule has 3 aromatic rings. The number of urea groups is 1. The lowest BCUT2D eigenvalue weighted by Crippen LogP contribution is -2.34. The number of hydrogen-bond acceptors (Lipinski definition) is 6. The number of nitrogens with one attached hydrogen (secondary N) is 2. The van der Waals surface area contributed by atoms with E-state index >= 15 is 0 Å². The number of ether oxygens (including phenoxy) is 2. The molecule has 162 valence electrons. The van der Waals surface area contributed by atoms with E-state index in [0.29, 0.717) is 5.56 Å². The standard InChI is InChI=1S/C20H16F3N3O5/c1-29-13-4-3-5-14(30-2)17(13)18(27)25-19(28)24-16-10-15(31-26-16)11-6-8-12(9-7-11)20(21,22)23/h3-10H,1-2H3,(H2,24,25,26,27,28). The average molecular weight is 435 g/mol. The average Bonchev–Trinajstić information content (AvgIpc) is 3.20. The lowest BCUT2D eigenvalue weighted by Gasteiger charge is -2.12. The molecule has 0 spiro atoms. The van der Waals surface area contributed by atoms with Crippen molar-refractivity contribution in [1.82, 2.24) is 10.5 Å². The molecule has 8 nitrogen and oxygen atoms in total. The zero-order valence-corrected chi connectivity index (χ0v) is 16.2. The fourth-order valence-corrected chi connectivity index (χ4v) is 2.68. The zero-order chi connectivity index (χ0) is 22.6. The number of carbonyl (C=O) groups is 2. The Labute approximate surface area is 173 Å². The van der Waals surface area contributed by atoms with Crippen LogP contribution in [-0.2, 0) is 6.18 Å². The third-order valence-electron chi connectivity index (χ3n) is 4.13. The van der Waals surface area contributed by atoms with Crippen LogP contribution in [-0.4, -0.2) is 31.3 Å². The van der Waals surface area contributed by atoms with Gasteiger partial charge in [-0.3, -0.25) is 15.4 Å². The minimum atomic E-state index is -4.46. The minimum Gasteiger partial charge on any atom is -0.496 e. The molecule has 0 aliphatic carbocycles. The molecule has 1 heterocycles. The first kappa shape index (κ1) is 21.7. The molecule has 0 unspecified atom stereocenters. The third kappa shape index (κ3) is 4.94. The van der Waals surface area contributed by atoms with Crippen molar-refractivity contribution in [3.8, 4) is 22.8 Å². The van der Waals surface area contributed by atoms with E-state index in [9.17, 15) is 22.8 Å². The van der Waals surface area contributed by atoms with Gasteiger partial charge in [0.2, 0.25) is 0 Å². The predicted molar refractivity (Wildman–Crippen MR) is 103 cm³/mol. The van der Waals surface area contributed by atoms with Crippen LogP contribution in [0, 0.1) is 0 Å². The van der Waals surface area contributed by atoms with Crippen molar-refractivity contribution < 1.29 is 36.8 Å². The van der Waals surface area contributed by atoms with Gasteiger partial charge in [-0.1, -0.05) is 23.4 Å². The Morgan fingerprint density at radius 3 is 2.16 bits per heavy atom. The lowest BCUT2D eigenvalue weighted by molar-refractivity contribution is -0.137. The number of amides is 3. The van der Waals surface area contributed by atoms with Gasteiger partial charge < -0.3 is 14.0 Å². The van der Waals surface area contributed by atoms with Gasteiger partial charge in [0.1, 0.15) is 17.1 Å². The summed E-state index contributed by atoms with van der Waals surface area (Å²) in [5.74, 6) is -0.293. The van der Waals surface area contributed by atoms with E-state index < -0.39 is 23.7 Å². The molecule has 3 rings (SSSR count). The van der Waals surface area contributed by atoms with E-state index in [1.54, 1.807) is 6.07 Å². The van der Waals surface area contributed by atoms with Crippen molar-refractivity contribution >= 4 is 17.8 Å². The minimum absolute atomic E-state index is 0.0215. The molecule has 1 aromatic heterocycles. The van der Waals surface area contributed by atoms with Crippen LogP contribution in [0.5, 0.6) is 11.5 Å². The molecule has 0 atom stereocenters. The number of alkyl halides is 3. The number of benzene rings is 2. The number of carbonyl (C=O) groups excluding carboxylic acids is 2. The molecule has 11 heteroatoms. The molecule has 0 bridgehead atoms. The van der Waals surface area contributed by atoms with Crippen molar-refractivity contribution in [1.29, 1.82) is 0 Å². The van der Waals surface area contributed by atoms with E-state index in [4.69, 9.17) is 14.0 Å². The molecular formula is C20H16F3N3O5. The van der Waals surface area contributed by atoms with E-state index in [1.165, 1.54) is 44.6 Å². The normalized spacial score (nSPS) is 11.0. The molecule has 0 aliphatic rings. The van der Waals surface area contributed by atoms with Gasteiger partial charge in [-0.2, -0.15) is 13.2 Å². The summed E-state index contributed by atoms with van der Waals surface area (Å²) in [5, 5.41) is 8.04. The van der Waals surface area contributed by atoms with Gasteiger partial charge in [0.15, 0.2) is 11.6 Å². The van der Waals surface area contributed by atoms with Crippen molar-refractivity contribution in [2.45, 2.75) is 6.18 Å². The summed E-state index contributed by atoms with van der Waals surface area (Å²) in [6, 6.07) is 9.30. The molecule has 3 amide bonds. The first-order chi connectivity index (χ1) is 14.7. The molecule has 31 heavy (non-hydrogen) atoms.